The van der Waals surface area contributed by atoms with Gasteiger partial charge in [0.25, 0.3) is 0 Å². The maximum atomic E-state index is 12.0. The topological polar surface area (TPSA) is 41.1 Å². The molecule has 1 unspecified atom stereocenters. The molecule has 0 aliphatic carbocycles. The lowest BCUT2D eigenvalue weighted by Gasteiger charge is -2.15. The van der Waals surface area contributed by atoms with E-state index in [9.17, 15) is 4.79 Å². The van der Waals surface area contributed by atoms with E-state index in [2.05, 4.69) is 10.6 Å². The lowest BCUT2D eigenvalue weighted by molar-refractivity contribution is -0.115. The van der Waals surface area contributed by atoms with Crippen molar-refractivity contribution in [3.8, 4) is 0 Å². The predicted octanol–water partition coefficient (Wildman–Crippen LogP) is 4.94. The summed E-state index contributed by atoms with van der Waals surface area (Å²) in [6.45, 7) is 2.08. The molecular formula is C16H15Cl3N2O. The quantitative estimate of drug-likeness (QED) is 0.796. The van der Waals surface area contributed by atoms with E-state index in [1.165, 1.54) is 0 Å². The molecule has 0 radical (unpaired) electrons. The standard InChI is InChI=1S/C16H15Cl3N2O/c1-10(12-4-2-3-5-13(12)18)20-9-16(22)21-15-8-11(17)6-7-14(15)19/h2-8,10,20H,9H2,1H3,(H,21,22). The molecule has 0 heterocycles. The summed E-state index contributed by atoms with van der Waals surface area (Å²) in [5, 5.41) is 7.46. The molecule has 2 aromatic carbocycles. The van der Waals surface area contributed by atoms with Crippen molar-refractivity contribution in [2.24, 2.45) is 0 Å². The SMILES string of the molecule is CC(NCC(=O)Nc1cc(Cl)ccc1Cl)c1ccccc1Cl. The minimum Gasteiger partial charge on any atom is -0.324 e. The molecule has 0 spiro atoms. The van der Waals surface area contributed by atoms with Gasteiger partial charge < -0.3 is 10.6 Å². The Hall–Kier alpha value is -1.26. The van der Waals surface area contributed by atoms with E-state index >= 15 is 0 Å². The summed E-state index contributed by atoms with van der Waals surface area (Å²) in [7, 11) is 0. The molecular weight excluding hydrogens is 343 g/mol. The van der Waals surface area contributed by atoms with Gasteiger partial charge in [-0.05, 0) is 36.8 Å². The second-order valence-corrected chi connectivity index (χ2v) is 6.05. The van der Waals surface area contributed by atoms with Crippen LogP contribution in [0, 0.1) is 0 Å². The van der Waals surface area contributed by atoms with E-state index in [0.29, 0.717) is 20.8 Å². The molecule has 116 valence electrons. The molecule has 1 amide bonds. The van der Waals surface area contributed by atoms with E-state index in [1.807, 2.05) is 31.2 Å². The van der Waals surface area contributed by atoms with E-state index in [1.54, 1.807) is 18.2 Å². The molecule has 2 aromatic rings. The molecule has 0 saturated carbocycles. The third-order valence-corrected chi connectivity index (χ3v) is 4.05. The highest BCUT2D eigenvalue weighted by Crippen LogP contribution is 2.25. The number of amides is 1. The average molecular weight is 358 g/mol. The Morgan fingerprint density at radius 3 is 2.55 bits per heavy atom. The highest BCUT2D eigenvalue weighted by molar-refractivity contribution is 6.35. The normalized spacial score (nSPS) is 12.0. The zero-order valence-corrected chi connectivity index (χ0v) is 14.1. The lowest BCUT2D eigenvalue weighted by atomic mass is 10.1. The second-order valence-electron chi connectivity index (χ2n) is 4.80. The van der Waals surface area contributed by atoms with Crippen molar-refractivity contribution >= 4 is 46.4 Å². The van der Waals surface area contributed by atoms with Crippen molar-refractivity contribution in [2.75, 3.05) is 11.9 Å². The Bertz CT molecular complexity index is 676. The van der Waals surface area contributed by atoms with Crippen LogP contribution in [-0.4, -0.2) is 12.5 Å². The smallest absolute Gasteiger partial charge is 0.238 e. The van der Waals surface area contributed by atoms with E-state index in [4.69, 9.17) is 34.8 Å². The van der Waals surface area contributed by atoms with Crippen LogP contribution in [0.2, 0.25) is 15.1 Å². The summed E-state index contributed by atoms with van der Waals surface area (Å²) in [5.74, 6) is -0.205. The van der Waals surface area contributed by atoms with Crippen LogP contribution < -0.4 is 10.6 Å². The van der Waals surface area contributed by atoms with Gasteiger partial charge in [-0.25, -0.2) is 0 Å². The van der Waals surface area contributed by atoms with Gasteiger partial charge in [0.05, 0.1) is 17.3 Å². The summed E-state index contributed by atoms with van der Waals surface area (Å²) in [5.41, 5.74) is 1.43. The van der Waals surface area contributed by atoms with Gasteiger partial charge in [-0.1, -0.05) is 53.0 Å². The van der Waals surface area contributed by atoms with Crippen molar-refractivity contribution in [1.29, 1.82) is 0 Å². The molecule has 6 heteroatoms. The summed E-state index contributed by atoms with van der Waals surface area (Å²) in [4.78, 5) is 12.0. The first-order chi connectivity index (χ1) is 10.5. The van der Waals surface area contributed by atoms with Crippen LogP contribution in [-0.2, 0) is 4.79 Å². The van der Waals surface area contributed by atoms with Crippen molar-refractivity contribution in [3.63, 3.8) is 0 Å². The number of halogens is 3. The van der Waals surface area contributed by atoms with Gasteiger partial charge in [0.2, 0.25) is 5.91 Å². The summed E-state index contributed by atoms with van der Waals surface area (Å²) in [6, 6.07) is 12.4. The van der Waals surface area contributed by atoms with Gasteiger partial charge >= 0.3 is 0 Å². The van der Waals surface area contributed by atoms with Crippen LogP contribution in [0.25, 0.3) is 0 Å². The fourth-order valence-electron chi connectivity index (χ4n) is 1.97. The number of carbonyl (C=O) groups excluding carboxylic acids is 1. The average Bonchev–Trinajstić information content (AvgIpc) is 2.49. The number of anilines is 1. The van der Waals surface area contributed by atoms with Crippen molar-refractivity contribution in [1.82, 2.24) is 5.32 Å². The fraction of sp³-hybridized carbons (Fsp3) is 0.188. The van der Waals surface area contributed by atoms with Gasteiger partial charge in [0.15, 0.2) is 0 Å². The lowest BCUT2D eigenvalue weighted by Crippen LogP contribution is -2.30. The molecule has 0 fully saturated rings. The molecule has 2 N–H and O–H groups in total. The van der Waals surface area contributed by atoms with E-state index < -0.39 is 0 Å². The van der Waals surface area contributed by atoms with Gasteiger partial charge in [0, 0.05) is 16.1 Å². The van der Waals surface area contributed by atoms with Crippen molar-refractivity contribution in [2.45, 2.75) is 13.0 Å². The summed E-state index contributed by atoms with van der Waals surface area (Å²) in [6.07, 6.45) is 0. The maximum absolute atomic E-state index is 12.0. The molecule has 3 nitrogen and oxygen atoms in total. The number of benzene rings is 2. The van der Waals surface area contributed by atoms with Gasteiger partial charge in [-0.15, -0.1) is 0 Å². The first-order valence-corrected chi connectivity index (χ1v) is 7.83. The van der Waals surface area contributed by atoms with Crippen LogP contribution in [0.4, 0.5) is 5.69 Å². The minimum atomic E-state index is -0.205. The largest absolute Gasteiger partial charge is 0.324 e. The van der Waals surface area contributed by atoms with Gasteiger partial charge in [-0.2, -0.15) is 0 Å². The maximum Gasteiger partial charge on any atom is 0.238 e. The van der Waals surface area contributed by atoms with Crippen LogP contribution in [0.5, 0.6) is 0 Å². The highest BCUT2D eigenvalue weighted by Gasteiger charge is 2.11. The molecule has 22 heavy (non-hydrogen) atoms. The summed E-state index contributed by atoms with van der Waals surface area (Å²) < 4.78 is 0. The van der Waals surface area contributed by atoms with Gasteiger partial charge in [-0.3, -0.25) is 4.79 Å². The molecule has 0 saturated heterocycles. The number of hydrogen-bond acceptors (Lipinski definition) is 2. The zero-order valence-electron chi connectivity index (χ0n) is 11.9. The first-order valence-electron chi connectivity index (χ1n) is 6.70. The fourth-order valence-corrected chi connectivity index (χ4v) is 2.61. The molecule has 0 bridgehead atoms. The molecule has 1 atom stereocenters. The number of rotatable bonds is 5. The third-order valence-electron chi connectivity index (χ3n) is 3.14. The van der Waals surface area contributed by atoms with Crippen molar-refractivity contribution < 1.29 is 4.79 Å². The Labute approximate surface area is 144 Å². The Morgan fingerprint density at radius 1 is 1.09 bits per heavy atom. The second kappa shape index (κ2) is 7.84. The third kappa shape index (κ3) is 4.62. The zero-order chi connectivity index (χ0) is 16.1. The first kappa shape index (κ1) is 17.1. The van der Waals surface area contributed by atoms with Gasteiger partial charge in [0.1, 0.15) is 0 Å². The van der Waals surface area contributed by atoms with E-state index in [0.717, 1.165) is 5.56 Å². The summed E-state index contributed by atoms with van der Waals surface area (Å²) >= 11 is 18.0. The number of carbonyl (C=O) groups is 1. The van der Waals surface area contributed by atoms with Crippen LogP contribution in [0.3, 0.4) is 0 Å². The van der Waals surface area contributed by atoms with Crippen LogP contribution in [0.15, 0.2) is 42.5 Å². The Kier molecular flexibility index (Phi) is 6.09. The molecule has 0 aliphatic heterocycles. The van der Waals surface area contributed by atoms with Crippen LogP contribution in [0.1, 0.15) is 18.5 Å². The van der Waals surface area contributed by atoms with E-state index in [-0.39, 0.29) is 18.5 Å². The van der Waals surface area contributed by atoms with Crippen molar-refractivity contribution in [3.05, 3.63) is 63.1 Å². The Balaban J connectivity index is 1.93. The number of nitrogens with one attached hydrogen (secondary N) is 2. The predicted molar refractivity (Wildman–Crippen MR) is 93.0 cm³/mol. The number of hydrogen-bond donors (Lipinski definition) is 2. The highest BCUT2D eigenvalue weighted by atomic mass is 35.5. The monoisotopic (exact) mass is 356 g/mol. The molecule has 0 aliphatic rings. The Morgan fingerprint density at radius 2 is 1.82 bits per heavy atom. The van der Waals surface area contributed by atoms with Crippen LogP contribution >= 0.6 is 34.8 Å². The molecule has 2 rings (SSSR count). The minimum absolute atomic E-state index is 0.0470. The molecule has 0 aromatic heterocycles.